The number of likely N-dealkylation sites (tertiary alicyclic amines) is 1. The Kier molecular flexibility index (Phi) is 5.88. The van der Waals surface area contributed by atoms with Crippen molar-refractivity contribution < 1.29 is 9.32 Å². The van der Waals surface area contributed by atoms with Gasteiger partial charge in [-0.25, -0.2) is 9.97 Å². The van der Waals surface area contributed by atoms with Crippen molar-refractivity contribution in [3.05, 3.63) is 59.3 Å². The van der Waals surface area contributed by atoms with Crippen molar-refractivity contribution in [3.63, 3.8) is 0 Å². The van der Waals surface area contributed by atoms with Crippen molar-refractivity contribution >= 4 is 5.91 Å². The van der Waals surface area contributed by atoms with E-state index in [2.05, 4.69) is 22.0 Å². The summed E-state index contributed by atoms with van der Waals surface area (Å²) in [6.07, 6.45) is 10.1. The summed E-state index contributed by atoms with van der Waals surface area (Å²) < 4.78 is 5.26. The predicted molar refractivity (Wildman–Crippen MR) is 113 cm³/mol. The highest BCUT2D eigenvalue weighted by Gasteiger charge is 2.34. The van der Waals surface area contributed by atoms with Gasteiger partial charge >= 0.3 is 0 Å². The average molecular weight is 406 g/mol. The molecule has 1 fully saturated rings. The van der Waals surface area contributed by atoms with E-state index in [9.17, 15) is 4.79 Å². The Labute approximate surface area is 176 Å². The number of piperidine rings is 1. The van der Waals surface area contributed by atoms with Gasteiger partial charge in [-0.05, 0) is 57.2 Å². The molecule has 7 heteroatoms. The van der Waals surface area contributed by atoms with Crippen molar-refractivity contribution in [2.45, 2.75) is 58.9 Å². The number of rotatable bonds is 5. The van der Waals surface area contributed by atoms with Crippen LogP contribution >= 0.6 is 0 Å². The molecule has 1 aliphatic heterocycles. The molecule has 30 heavy (non-hydrogen) atoms. The molecule has 7 nitrogen and oxygen atoms in total. The van der Waals surface area contributed by atoms with E-state index in [1.54, 1.807) is 19.3 Å². The lowest BCUT2D eigenvalue weighted by Crippen LogP contribution is -2.39. The summed E-state index contributed by atoms with van der Waals surface area (Å²) in [5.41, 5.74) is 4.08. The molecular formula is C23H27N5O2. The lowest BCUT2D eigenvalue weighted by Gasteiger charge is -2.36. The molecule has 0 saturated carbocycles. The summed E-state index contributed by atoms with van der Waals surface area (Å²) in [4.78, 5) is 29.1. The van der Waals surface area contributed by atoms with Gasteiger partial charge in [0.1, 0.15) is 17.1 Å². The summed E-state index contributed by atoms with van der Waals surface area (Å²) in [5.74, 6) is 1.35. The van der Waals surface area contributed by atoms with Crippen LogP contribution < -0.4 is 0 Å². The third-order valence-corrected chi connectivity index (χ3v) is 5.66. The second-order valence-corrected chi connectivity index (χ2v) is 7.78. The molecule has 4 heterocycles. The quantitative estimate of drug-likeness (QED) is 0.623. The fourth-order valence-electron chi connectivity index (χ4n) is 4.18. The van der Waals surface area contributed by atoms with E-state index < -0.39 is 0 Å². The highest BCUT2D eigenvalue weighted by Crippen LogP contribution is 2.37. The molecule has 3 aromatic rings. The highest BCUT2D eigenvalue weighted by molar-refractivity contribution is 5.96. The standard InChI is InChI=1S/C23H27N5O2/c1-4-7-20-25-14-18(17-9-11-24-12-10-17)22(26-20)19-8-5-6-13-28(19)23(29)21-15(2)27-30-16(21)3/h9-12,14,19H,4-8,13H2,1-3H3/t19-/m0/s1. The Morgan fingerprint density at radius 1 is 1.23 bits per heavy atom. The van der Waals surface area contributed by atoms with Crippen LogP contribution in [0.1, 0.15) is 72.0 Å². The minimum atomic E-state index is -0.110. The van der Waals surface area contributed by atoms with Crippen molar-refractivity contribution in [1.82, 2.24) is 25.0 Å². The van der Waals surface area contributed by atoms with E-state index in [4.69, 9.17) is 9.51 Å². The van der Waals surface area contributed by atoms with E-state index in [1.165, 1.54) is 0 Å². The highest BCUT2D eigenvalue weighted by atomic mass is 16.5. The van der Waals surface area contributed by atoms with Gasteiger partial charge in [-0.2, -0.15) is 0 Å². The van der Waals surface area contributed by atoms with Crippen LogP contribution in [0.3, 0.4) is 0 Å². The smallest absolute Gasteiger partial charge is 0.259 e. The van der Waals surface area contributed by atoms with E-state index in [-0.39, 0.29) is 11.9 Å². The van der Waals surface area contributed by atoms with Crippen LogP contribution in [0.15, 0.2) is 35.2 Å². The molecule has 0 unspecified atom stereocenters. The molecule has 4 rings (SSSR count). The molecule has 0 radical (unpaired) electrons. The first-order chi connectivity index (χ1) is 14.6. The van der Waals surface area contributed by atoms with Crippen LogP contribution in [0, 0.1) is 13.8 Å². The third-order valence-electron chi connectivity index (χ3n) is 5.66. The minimum Gasteiger partial charge on any atom is -0.361 e. The van der Waals surface area contributed by atoms with Gasteiger partial charge in [-0.15, -0.1) is 0 Å². The molecular weight excluding hydrogens is 378 g/mol. The zero-order valence-electron chi connectivity index (χ0n) is 17.8. The van der Waals surface area contributed by atoms with Gasteiger partial charge in [-0.3, -0.25) is 9.78 Å². The van der Waals surface area contributed by atoms with Crippen molar-refractivity contribution in [3.8, 4) is 11.1 Å². The Balaban J connectivity index is 1.80. The van der Waals surface area contributed by atoms with Crippen LogP contribution in [0.5, 0.6) is 0 Å². The molecule has 156 valence electrons. The van der Waals surface area contributed by atoms with Gasteiger partial charge in [0.15, 0.2) is 0 Å². The van der Waals surface area contributed by atoms with Crippen molar-refractivity contribution in [2.75, 3.05) is 6.54 Å². The van der Waals surface area contributed by atoms with Gasteiger partial charge in [0.25, 0.3) is 5.91 Å². The second kappa shape index (κ2) is 8.73. The van der Waals surface area contributed by atoms with Crippen LogP contribution in [0.2, 0.25) is 0 Å². The Bertz CT molecular complexity index is 1010. The molecule has 0 aromatic carbocycles. The molecule has 0 aliphatic carbocycles. The number of nitrogens with zero attached hydrogens (tertiary/aromatic N) is 5. The zero-order valence-corrected chi connectivity index (χ0v) is 17.8. The number of hydrogen-bond acceptors (Lipinski definition) is 6. The van der Waals surface area contributed by atoms with E-state index in [0.29, 0.717) is 23.6 Å². The van der Waals surface area contributed by atoms with Crippen molar-refractivity contribution in [2.24, 2.45) is 0 Å². The maximum Gasteiger partial charge on any atom is 0.259 e. The normalized spacial score (nSPS) is 16.6. The number of hydrogen-bond donors (Lipinski definition) is 0. The first kappa shape index (κ1) is 20.2. The van der Waals surface area contributed by atoms with Crippen LogP contribution in [0.25, 0.3) is 11.1 Å². The predicted octanol–water partition coefficient (Wildman–Crippen LogP) is 4.46. The molecule has 1 saturated heterocycles. The number of carbonyl (C=O) groups excluding carboxylic acids is 1. The van der Waals surface area contributed by atoms with Crippen LogP contribution in [0.4, 0.5) is 0 Å². The molecule has 0 bridgehead atoms. The average Bonchev–Trinajstić information content (AvgIpc) is 3.12. The Morgan fingerprint density at radius 2 is 2.03 bits per heavy atom. The molecule has 1 aliphatic rings. The van der Waals surface area contributed by atoms with E-state index in [1.807, 2.05) is 30.2 Å². The van der Waals surface area contributed by atoms with Gasteiger partial charge in [0.2, 0.25) is 0 Å². The van der Waals surface area contributed by atoms with E-state index >= 15 is 0 Å². The molecule has 0 N–H and O–H groups in total. The summed E-state index contributed by atoms with van der Waals surface area (Å²) >= 11 is 0. The number of carbonyl (C=O) groups is 1. The zero-order chi connectivity index (χ0) is 21.1. The fraction of sp³-hybridized carbons (Fsp3) is 0.435. The lowest BCUT2D eigenvalue weighted by atomic mass is 9.93. The van der Waals surface area contributed by atoms with Crippen LogP contribution in [-0.4, -0.2) is 37.5 Å². The maximum absolute atomic E-state index is 13.5. The molecule has 1 atom stereocenters. The topological polar surface area (TPSA) is 85.0 Å². The number of pyridine rings is 1. The lowest BCUT2D eigenvalue weighted by molar-refractivity contribution is 0.0604. The number of aryl methyl sites for hydroxylation is 3. The first-order valence-electron chi connectivity index (χ1n) is 10.6. The van der Waals surface area contributed by atoms with E-state index in [0.717, 1.165) is 54.7 Å². The molecule has 3 aromatic heterocycles. The van der Waals surface area contributed by atoms with Gasteiger partial charge in [-0.1, -0.05) is 12.1 Å². The number of aromatic nitrogens is 4. The Hall–Kier alpha value is -3.09. The van der Waals surface area contributed by atoms with Gasteiger partial charge < -0.3 is 9.42 Å². The second-order valence-electron chi connectivity index (χ2n) is 7.78. The maximum atomic E-state index is 13.5. The first-order valence-corrected chi connectivity index (χ1v) is 10.6. The Morgan fingerprint density at radius 3 is 2.73 bits per heavy atom. The third kappa shape index (κ3) is 3.84. The van der Waals surface area contributed by atoms with Gasteiger partial charge in [0.05, 0.1) is 17.4 Å². The molecule has 1 amide bonds. The van der Waals surface area contributed by atoms with Gasteiger partial charge in [0, 0.05) is 37.1 Å². The van der Waals surface area contributed by atoms with Crippen molar-refractivity contribution in [1.29, 1.82) is 0 Å². The summed E-state index contributed by atoms with van der Waals surface area (Å²) in [7, 11) is 0. The number of amides is 1. The summed E-state index contributed by atoms with van der Waals surface area (Å²) in [6.45, 7) is 6.41. The largest absolute Gasteiger partial charge is 0.361 e. The van der Waals surface area contributed by atoms with Crippen LogP contribution in [-0.2, 0) is 6.42 Å². The summed E-state index contributed by atoms with van der Waals surface area (Å²) in [5, 5.41) is 3.98. The molecule has 0 spiro atoms. The monoisotopic (exact) mass is 405 g/mol. The SMILES string of the molecule is CCCc1ncc(-c2ccncc2)c([C@@H]2CCCCN2C(=O)c2c(C)noc2C)n1. The summed E-state index contributed by atoms with van der Waals surface area (Å²) in [6, 6.07) is 3.82. The minimum absolute atomic E-state index is 0.0349. The fourth-order valence-corrected chi connectivity index (χ4v) is 4.18.